The summed E-state index contributed by atoms with van der Waals surface area (Å²) in [5, 5.41) is 9.13. The number of phenols is 1. The monoisotopic (exact) mass is 378 g/mol. The molecule has 0 aliphatic carbocycles. The normalized spacial score (nSPS) is 11.7. The number of phenolic OH excluding ortho intramolecular Hbond substituents is 1. The van der Waals surface area contributed by atoms with Crippen molar-refractivity contribution in [1.29, 1.82) is 0 Å². The number of rotatable bonds is 10. The number of hydrogen-bond acceptors (Lipinski definition) is 3. The number of aromatic hydroxyl groups is 1. The summed E-state index contributed by atoms with van der Waals surface area (Å²) in [5.41, 5.74) is 0.291. The molecule has 1 aromatic carbocycles. The fourth-order valence-electron chi connectivity index (χ4n) is 1.79. The minimum atomic E-state index is -1.25. The molecule has 0 heterocycles. The van der Waals surface area contributed by atoms with Gasteiger partial charge in [-0.05, 0) is 36.3 Å². The predicted molar refractivity (Wildman–Crippen MR) is 99.4 cm³/mol. The van der Waals surface area contributed by atoms with Gasteiger partial charge in [0.1, 0.15) is 12.4 Å². The lowest BCUT2D eigenvalue weighted by Crippen LogP contribution is -1.96. The van der Waals surface area contributed by atoms with Crippen LogP contribution in [0.2, 0.25) is 0 Å². The van der Waals surface area contributed by atoms with Crippen LogP contribution in [0, 0.1) is 5.82 Å². The molecule has 0 bridgehead atoms. The number of hydrogen-bond donors (Lipinski definition) is 1. The molecule has 1 N–H and O–H groups in total. The molecule has 0 unspecified atom stereocenters. The highest BCUT2D eigenvalue weighted by Crippen LogP contribution is 2.27. The van der Waals surface area contributed by atoms with Gasteiger partial charge < -0.3 is 14.6 Å². The fourth-order valence-corrected chi connectivity index (χ4v) is 1.79. The maximum absolute atomic E-state index is 14.0. The van der Waals surface area contributed by atoms with Crippen molar-refractivity contribution in [2.24, 2.45) is 0 Å². The van der Waals surface area contributed by atoms with Gasteiger partial charge in [-0.25, -0.2) is 8.78 Å². The summed E-state index contributed by atoms with van der Waals surface area (Å²) in [6.07, 6.45) is 2.73. The first-order valence-corrected chi connectivity index (χ1v) is 7.90. The molecule has 0 amide bonds. The van der Waals surface area contributed by atoms with E-state index in [2.05, 4.69) is 26.3 Å². The van der Waals surface area contributed by atoms with E-state index in [0.29, 0.717) is 5.56 Å². The average Bonchev–Trinajstić information content (AvgIpc) is 2.65. The van der Waals surface area contributed by atoms with Crippen LogP contribution < -0.4 is 0 Å². The summed E-state index contributed by atoms with van der Waals surface area (Å²) in [6, 6.07) is 3.82. The van der Waals surface area contributed by atoms with Crippen LogP contribution in [0.5, 0.6) is 5.75 Å². The smallest absolute Gasteiger partial charge is 0.200 e. The lowest BCUT2D eigenvalue weighted by Gasteiger charge is -2.09. The zero-order chi connectivity index (χ0) is 20.6. The van der Waals surface area contributed by atoms with E-state index in [1.807, 2.05) is 0 Å². The third-order valence-electron chi connectivity index (χ3n) is 3.32. The molecule has 144 valence electrons. The van der Waals surface area contributed by atoms with E-state index in [4.69, 9.17) is 14.6 Å². The van der Waals surface area contributed by atoms with Crippen molar-refractivity contribution >= 4 is 0 Å². The van der Waals surface area contributed by atoms with Crippen LogP contribution in [0.15, 0.2) is 91.0 Å². The molecule has 1 rings (SSSR count). The van der Waals surface area contributed by atoms with Crippen LogP contribution in [-0.2, 0) is 16.1 Å². The topological polar surface area (TPSA) is 38.7 Å². The first-order chi connectivity index (χ1) is 12.7. The third kappa shape index (κ3) is 6.58. The number of allylic oxidation sites excluding steroid dienone is 6. The Balaban J connectivity index is 2.66. The van der Waals surface area contributed by atoms with Crippen LogP contribution in [0.25, 0.3) is 0 Å². The van der Waals surface area contributed by atoms with E-state index >= 15 is 0 Å². The van der Waals surface area contributed by atoms with Gasteiger partial charge in [0.15, 0.2) is 23.2 Å². The Labute approximate surface area is 156 Å². The quantitative estimate of drug-likeness (QED) is 0.405. The molecule has 0 aliphatic heterocycles. The maximum atomic E-state index is 14.0. The van der Waals surface area contributed by atoms with E-state index < -0.39 is 29.0 Å². The van der Waals surface area contributed by atoms with Gasteiger partial charge in [-0.15, -0.1) is 0 Å². The van der Waals surface area contributed by atoms with Gasteiger partial charge in [0, 0.05) is 5.57 Å². The van der Waals surface area contributed by atoms with Crippen molar-refractivity contribution in [3.63, 3.8) is 0 Å². The van der Waals surface area contributed by atoms with Crippen LogP contribution in [0.3, 0.4) is 0 Å². The van der Waals surface area contributed by atoms with Crippen molar-refractivity contribution < 1.29 is 27.8 Å². The Morgan fingerprint density at radius 2 is 1.74 bits per heavy atom. The molecule has 0 saturated heterocycles. The molecule has 0 saturated carbocycles. The first kappa shape index (κ1) is 21.9. The predicted octanol–water partition coefficient (Wildman–Crippen LogP) is 5.93. The molecule has 1 aromatic rings. The second-order valence-electron chi connectivity index (χ2n) is 5.36. The molecule has 0 atom stereocenters. The molecule has 0 spiro atoms. The summed E-state index contributed by atoms with van der Waals surface area (Å²) in [6.45, 7) is 15.7. The van der Waals surface area contributed by atoms with Crippen LogP contribution >= 0.6 is 0 Å². The molecule has 27 heavy (non-hydrogen) atoms. The van der Waals surface area contributed by atoms with E-state index in [1.54, 1.807) is 6.92 Å². The van der Waals surface area contributed by atoms with Gasteiger partial charge >= 0.3 is 0 Å². The number of benzene rings is 1. The van der Waals surface area contributed by atoms with Gasteiger partial charge in [-0.1, -0.05) is 38.5 Å². The summed E-state index contributed by atoms with van der Waals surface area (Å²) in [5.74, 6) is -3.95. The standard InChI is InChI=1S/C21H21F3O3/c1-6-26-16(5)21(24)20(23)15(4)13(2)7-8-14(3)27-12-17-9-10-19(25)18(22)11-17/h7-11,25H,2-6,12H2,1H3/b8-7-,21-20-. The van der Waals surface area contributed by atoms with E-state index in [9.17, 15) is 13.2 Å². The third-order valence-corrected chi connectivity index (χ3v) is 3.32. The average molecular weight is 378 g/mol. The number of ether oxygens (including phenoxy) is 2. The number of halogens is 3. The summed E-state index contributed by atoms with van der Waals surface area (Å²) < 4.78 is 51.2. The molecular formula is C21H21F3O3. The van der Waals surface area contributed by atoms with E-state index in [1.165, 1.54) is 24.3 Å². The van der Waals surface area contributed by atoms with Gasteiger partial charge in [-0.3, -0.25) is 0 Å². The lowest BCUT2D eigenvalue weighted by molar-refractivity contribution is 0.212. The Kier molecular flexibility index (Phi) is 8.20. The lowest BCUT2D eigenvalue weighted by atomic mass is 10.1. The van der Waals surface area contributed by atoms with Crippen molar-refractivity contribution in [2.75, 3.05) is 6.61 Å². The SMILES string of the molecule is C=C(/C=C\C(=C)C(=C)/C(F)=C(/F)C(=C)OCC)OCc1ccc(O)c(F)c1. The second-order valence-corrected chi connectivity index (χ2v) is 5.36. The van der Waals surface area contributed by atoms with E-state index in [0.717, 1.165) is 6.07 Å². The second kappa shape index (κ2) is 10.1. The highest BCUT2D eigenvalue weighted by Gasteiger charge is 2.15. The van der Waals surface area contributed by atoms with Gasteiger partial charge in [0.05, 0.1) is 6.61 Å². The largest absolute Gasteiger partial charge is 0.505 e. The Bertz CT molecular complexity index is 820. The Morgan fingerprint density at radius 3 is 2.33 bits per heavy atom. The maximum Gasteiger partial charge on any atom is 0.200 e. The molecular weight excluding hydrogens is 357 g/mol. The van der Waals surface area contributed by atoms with Gasteiger partial charge in [0.2, 0.25) is 5.83 Å². The highest BCUT2D eigenvalue weighted by atomic mass is 19.2. The Hall–Kier alpha value is -3.15. The molecule has 0 radical (unpaired) electrons. The molecule has 3 nitrogen and oxygen atoms in total. The van der Waals surface area contributed by atoms with Crippen molar-refractivity contribution in [3.05, 3.63) is 102 Å². The van der Waals surface area contributed by atoms with Crippen molar-refractivity contribution in [2.45, 2.75) is 13.5 Å². The van der Waals surface area contributed by atoms with Gasteiger partial charge in [-0.2, -0.15) is 4.39 Å². The van der Waals surface area contributed by atoms with Crippen LogP contribution in [0.4, 0.5) is 13.2 Å². The molecule has 0 fully saturated rings. The molecule has 0 aliphatic rings. The highest BCUT2D eigenvalue weighted by molar-refractivity contribution is 5.49. The van der Waals surface area contributed by atoms with Crippen LogP contribution in [0.1, 0.15) is 12.5 Å². The van der Waals surface area contributed by atoms with Crippen LogP contribution in [-0.4, -0.2) is 11.7 Å². The first-order valence-electron chi connectivity index (χ1n) is 7.90. The summed E-state index contributed by atoms with van der Waals surface area (Å²) in [4.78, 5) is 0. The fraction of sp³-hybridized carbons (Fsp3) is 0.143. The summed E-state index contributed by atoms with van der Waals surface area (Å²) >= 11 is 0. The van der Waals surface area contributed by atoms with Crippen molar-refractivity contribution in [1.82, 2.24) is 0 Å². The zero-order valence-electron chi connectivity index (χ0n) is 15.0. The Morgan fingerprint density at radius 1 is 1.07 bits per heavy atom. The molecule has 6 heteroatoms. The van der Waals surface area contributed by atoms with E-state index in [-0.39, 0.29) is 30.1 Å². The van der Waals surface area contributed by atoms with Gasteiger partial charge in [0.25, 0.3) is 0 Å². The molecule has 0 aromatic heterocycles. The summed E-state index contributed by atoms with van der Waals surface area (Å²) in [7, 11) is 0. The minimum Gasteiger partial charge on any atom is -0.505 e. The minimum absolute atomic E-state index is 0.00483. The van der Waals surface area contributed by atoms with Crippen molar-refractivity contribution in [3.8, 4) is 5.75 Å². The zero-order valence-corrected chi connectivity index (χ0v) is 15.0.